The van der Waals surface area contributed by atoms with E-state index in [1.165, 1.54) is 46.0 Å². The number of unbranched alkanes of at least 4 members (excludes halogenated alkanes) is 6. The van der Waals surface area contributed by atoms with E-state index >= 15 is 0 Å². The molecule has 4 atom stereocenters. The molecule has 0 bridgehead atoms. The maximum atomic E-state index is 11.5. The van der Waals surface area contributed by atoms with Crippen LogP contribution < -0.4 is 0 Å². The standard InChI is InChI=1S/C28H46O5/c1-4-5-6-7-8-9-15-27(32-23(2)30)16-11-10-14-25-18-20-26(21-19-25)28(33-24(3)31)17-12-13-22-29/h10-11,14,16,18,20,25-29H,4-9,12-13,15,17,19,21-22H2,1-3H3/b14-10+,16-11+. The van der Waals surface area contributed by atoms with Crippen molar-refractivity contribution in [3.05, 3.63) is 36.5 Å². The van der Waals surface area contributed by atoms with Crippen LogP contribution in [0.15, 0.2) is 36.5 Å². The summed E-state index contributed by atoms with van der Waals surface area (Å²) in [5.41, 5.74) is 0. The first kappa shape index (κ1) is 29.2. The fourth-order valence-electron chi connectivity index (χ4n) is 4.29. The van der Waals surface area contributed by atoms with Gasteiger partial charge >= 0.3 is 11.9 Å². The predicted molar refractivity (Wildman–Crippen MR) is 134 cm³/mol. The summed E-state index contributed by atoms with van der Waals surface area (Å²) in [7, 11) is 0. The lowest BCUT2D eigenvalue weighted by Crippen LogP contribution is -2.27. The molecule has 0 heterocycles. The van der Waals surface area contributed by atoms with Crippen molar-refractivity contribution in [2.45, 2.75) is 110 Å². The van der Waals surface area contributed by atoms with Crippen molar-refractivity contribution in [2.24, 2.45) is 11.8 Å². The number of carbonyl (C=O) groups excluding carboxylic acids is 2. The van der Waals surface area contributed by atoms with Crippen LogP contribution in [0.1, 0.15) is 97.8 Å². The van der Waals surface area contributed by atoms with Gasteiger partial charge in [0.15, 0.2) is 0 Å². The van der Waals surface area contributed by atoms with Crippen molar-refractivity contribution < 1.29 is 24.2 Å². The predicted octanol–water partition coefficient (Wildman–Crippen LogP) is 6.46. The molecule has 33 heavy (non-hydrogen) atoms. The van der Waals surface area contributed by atoms with Gasteiger partial charge in [0.1, 0.15) is 12.2 Å². The molecule has 0 aromatic heterocycles. The molecule has 0 amide bonds. The Labute approximate surface area is 201 Å². The third-order valence-electron chi connectivity index (χ3n) is 6.09. The molecule has 0 saturated heterocycles. The highest BCUT2D eigenvalue weighted by Crippen LogP contribution is 2.29. The summed E-state index contributed by atoms with van der Waals surface area (Å²) < 4.78 is 11.0. The summed E-state index contributed by atoms with van der Waals surface area (Å²) >= 11 is 0. The van der Waals surface area contributed by atoms with Crippen LogP contribution in [0, 0.1) is 11.8 Å². The number of rotatable bonds is 17. The number of ether oxygens (including phenoxy) is 2. The molecular formula is C28H46O5. The number of esters is 2. The molecule has 0 aromatic carbocycles. The van der Waals surface area contributed by atoms with Crippen molar-refractivity contribution in [1.82, 2.24) is 0 Å². The molecule has 1 aliphatic carbocycles. The second kappa shape index (κ2) is 18.5. The van der Waals surface area contributed by atoms with E-state index in [-0.39, 0.29) is 36.7 Å². The Bertz CT molecular complexity index is 622. The zero-order chi connectivity index (χ0) is 24.3. The van der Waals surface area contributed by atoms with Gasteiger partial charge in [-0.1, -0.05) is 69.4 Å². The van der Waals surface area contributed by atoms with Crippen molar-refractivity contribution in [3.63, 3.8) is 0 Å². The number of aliphatic hydroxyl groups excluding tert-OH is 1. The molecule has 0 spiro atoms. The van der Waals surface area contributed by atoms with E-state index in [1.54, 1.807) is 0 Å². The van der Waals surface area contributed by atoms with E-state index in [2.05, 4.69) is 25.2 Å². The van der Waals surface area contributed by atoms with Crippen LogP contribution in [0.3, 0.4) is 0 Å². The first-order valence-corrected chi connectivity index (χ1v) is 12.9. The summed E-state index contributed by atoms with van der Waals surface area (Å²) in [5, 5.41) is 9.01. The van der Waals surface area contributed by atoms with E-state index in [0.29, 0.717) is 5.92 Å². The van der Waals surface area contributed by atoms with Crippen LogP contribution in [0.4, 0.5) is 0 Å². The fraction of sp³-hybridized carbons (Fsp3) is 0.714. The summed E-state index contributed by atoms with van der Waals surface area (Å²) in [4.78, 5) is 22.9. The molecule has 1 N–H and O–H groups in total. The highest BCUT2D eigenvalue weighted by molar-refractivity contribution is 5.66. The Balaban J connectivity index is 2.50. The fourth-order valence-corrected chi connectivity index (χ4v) is 4.29. The van der Waals surface area contributed by atoms with Gasteiger partial charge in [0.25, 0.3) is 0 Å². The molecular weight excluding hydrogens is 416 g/mol. The topological polar surface area (TPSA) is 72.8 Å². The number of carbonyl (C=O) groups is 2. The van der Waals surface area contributed by atoms with Crippen molar-refractivity contribution in [1.29, 1.82) is 0 Å². The van der Waals surface area contributed by atoms with Crippen LogP contribution in [0.2, 0.25) is 0 Å². The van der Waals surface area contributed by atoms with Crippen LogP contribution >= 0.6 is 0 Å². The van der Waals surface area contributed by atoms with Gasteiger partial charge in [-0.05, 0) is 56.9 Å². The summed E-state index contributed by atoms with van der Waals surface area (Å²) in [6, 6.07) is 0. The third kappa shape index (κ3) is 14.8. The maximum absolute atomic E-state index is 11.5. The van der Waals surface area contributed by atoms with Gasteiger partial charge in [0, 0.05) is 26.4 Å². The van der Waals surface area contributed by atoms with Gasteiger partial charge < -0.3 is 14.6 Å². The normalized spacial score (nSPS) is 20.2. The second-order valence-corrected chi connectivity index (χ2v) is 9.13. The molecule has 5 heteroatoms. The average molecular weight is 463 g/mol. The van der Waals surface area contributed by atoms with E-state index in [9.17, 15) is 9.59 Å². The van der Waals surface area contributed by atoms with Gasteiger partial charge in [0.05, 0.1) is 0 Å². The Kier molecular flexibility index (Phi) is 16.4. The lowest BCUT2D eigenvalue weighted by Gasteiger charge is -2.28. The van der Waals surface area contributed by atoms with Crippen molar-refractivity contribution in [2.75, 3.05) is 6.61 Å². The Morgan fingerprint density at radius 2 is 1.61 bits per heavy atom. The molecule has 4 unspecified atom stereocenters. The van der Waals surface area contributed by atoms with Gasteiger partial charge in [-0.15, -0.1) is 0 Å². The first-order chi connectivity index (χ1) is 16.0. The van der Waals surface area contributed by atoms with E-state index in [4.69, 9.17) is 14.6 Å². The number of hydrogen-bond acceptors (Lipinski definition) is 5. The highest BCUT2D eigenvalue weighted by Gasteiger charge is 2.25. The Morgan fingerprint density at radius 3 is 2.24 bits per heavy atom. The number of allylic oxidation sites excluding steroid dienone is 4. The van der Waals surface area contributed by atoms with Crippen molar-refractivity contribution >= 4 is 11.9 Å². The third-order valence-corrected chi connectivity index (χ3v) is 6.09. The van der Waals surface area contributed by atoms with Crippen LogP contribution in [0.25, 0.3) is 0 Å². The lowest BCUT2D eigenvalue weighted by atomic mass is 9.83. The molecule has 0 aromatic rings. The smallest absolute Gasteiger partial charge is 0.303 e. The second-order valence-electron chi connectivity index (χ2n) is 9.13. The minimum atomic E-state index is -0.243. The van der Waals surface area contributed by atoms with E-state index < -0.39 is 0 Å². The number of aliphatic hydroxyl groups is 1. The minimum Gasteiger partial charge on any atom is -0.462 e. The molecule has 0 radical (unpaired) electrons. The maximum Gasteiger partial charge on any atom is 0.303 e. The zero-order valence-electron chi connectivity index (χ0n) is 21.0. The average Bonchev–Trinajstić information content (AvgIpc) is 2.78. The molecule has 1 aliphatic rings. The molecule has 5 nitrogen and oxygen atoms in total. The van der Waals surface area contributed by atoms with Crippen LogP contribution in [-0.4, -0.2) is 35.9 Å². The molecule has 188 valence electrons. The molecule has 0 saturated carbocycles. The largest absolute Gasteiger partial charge is 0.462 e. The van der Waals surface area contributed by atoms with Gasteiger partial charge in [-0.25, -0.2) is 0 Å². The Morgan fingerprint density at radius 1 is 0.909 bits per heavy atom. The van der Waals surface area contributed by atoms with Crippen molar-refractivity contribution in [3.8, 4) is 0 Å². The lowest BCUT2D eigenvalue weighted by molar-refractivity contribution is -0.149. The van der Waals surface area contributed by atoms with E-state index in [1.807, 2.05) is 18.2 Å². The zero-order valence-corrected chi connectivity index (χ0v) is 21.0. The van der Waals surface area contributed by atoms with Crippen LogP contribution in [-0.2, 0) is 19.1 Å². The minimum absolute atomic E-state index is 0.110. The Hall–Kier alpha value is -1.88. The van der Waals surface area contributed by atoms with Gasteiger partial charge in [0.2, 0.25) is 0 Å². The quantitative estimate of drug-likeness (QED) is 0.116. The van der Waals surface area contributed by atoms with E-state index in [0.717, 1.165) is 44.9 Å². The molecule has 1 rings (SSSR count). The molecule has 0 aliphatic heterocycles. The molecule has 0 fully saturated rings. The monoisotopic (exact) mass is 462 g/mol. The highest BCUT2D eigenvalue weighted by atomic mass is 16.5. The number of hydrogen-bond donors (Lipinski definition) is 1. The van der Waals surface area contributed by atoms with Gasteiger partial charge in [-0.2, -0.15) is 0 Å². The van der Waals surface area contributed by atoms with Crippen LogP contribution in [0.5, 0.6) is 0 Å². The SMILES string of the molecule is CCCCCCCCC(/C=C/C=C/C1C=CC(C(CCCCO)OC(C)=O)CC1)OC(C)=O. The van der Waals surface area contributed by atoms with Gasteiger partial charge in [-0.3, -0.25) is 9.59 Å². The first-order valence-electron chi connectivity index (χ1n) is 12.9. The summed E-state index contributed by atoms with van der Waals surface area (Å²) in [6.07, 6.45) is 24.8. The summed E-state index contributed by atoms with van der Waals surface area (Å²) in [6.45, 7) is 5.31. The summed E-state index contributed by atoms with van der Waals surface area (Å²) in [5.74, 6) is 0.112.